The van der Waals surface area contributed by atoms with Crippen molar-refractivity contribution in [3.8, 4) is 0 Å². The fraction of sp³-hybridized carbons (Fsp3) is 1.00. The molecule has 0 aliphatic carbocycles. The zero-order valence-corrected chi connectivity index (χ0v) is 10.3. The van der Waals surface area contributed by atoms with Crippen LogP contribution in [0.4, 0.5) is 0 Å². The Kier molecular flexibility index (Phi) is 8.26. The summed E-state index contributed by atoms with van der Waals surface area (Å²) in [4.78, 5) is 0. The maximum atomic E-state index is 9.49. The molecule has 0 amide bonds. The second-order valence-electron chi connectivity index (χ2n) is 5.04. The van der Waals surface area contributed by atoms with Crippen molar-refractivity contribution < 1.29 is 5.11 Å². The van der Waals surface area contributed by atoms with Crippen LogP contribution in [0.15, 0.2) is 0 Å². The third-order valence-corrected chi connectivity index (χ3v) is 2.64. The van der Waals surface area contributed by atoms with Gasteiger partial charge in [0.2, 0.25) is 0 Å². The average molecular weight is 200 g/mol. The summed E-state index contributed by atoms with van der Waals surface area (Å²) >= 11 is 0. The molecule has 1 N–H and O–H groups in total. The van der Waals surface area contributed by atoms with Gasteiger partial charge in [0.25, 0.3) is 0 Å². The molecule has 0 bridgehead atoms. The molecule has 1 nitrogen and oxygen atoms in total. The maximum absolute atomic E-state index is 9.49. The molecule has 0 aromatic carbocycles. The van der Waals surface area contributed by atoms with Gasteiger partial charge in [0.15, 0.2) is 0 Å². The Morgan fingerprint density at radius 3 is 1.64 bits per heavy atom. The first-order chi connectivity index (χ1) is 6.56. The molecule has 0 heterocycles. The Bertz CT molecular complexity index is 113. The molecule has 0 aliphatic rings. The molecule has 0 aromatic heterocycles. The van der Waals surface area contributed by atoms with Crippen LogP contribution < -0.4 is 0 Å². The monoisotopic (exact) mass is 200 g/mol. The van der Waals surface area contributed by atoms with Crippen molar-refractivity contribution in [3.05, 3.63) is 0 Å². The van der Waals surface area contributed by atoms with Gasteiger partial charge in [-0.25, -0.2) is 0 Å². The van der Waals surface area contributed by atoms with Crippen LogP contribution in [0.25, 0.3) is 0 Å². The normalized spacial score (nSPS) is 12.0. The molecule has 0 fully saturated rings. The molecule has 14 heavy (non-hydrogen) atoms. The van der Waals surface area contributed by atoms with Gasteiger partial charge in [-0.05, 0) is 20.3 Å². The van der Waals surface area contributed by atoms with Crippen LogP contribution in [-0.2, 0) is 0 Å². The van der Waals surface area contributed by atoms with Crippen molar-refractivity contribution in [2.24, 2.45) is 0 Å². The molecule has 86 valence electrons. The fourth-order valence-electron chi connectivity index (χ4n) is 1.69. The minimum atomic E-state index is -0.456. The number of unbranched alkanes of at least 4 members (excludes halogenated alkanes) is 7. The van der Waals surface area contributed by atoms with Gasteiger partial charge >= 0.3 is 0 Å². The van der Waals surface area contributed by atoms with Gasteiger partial charge in [-0.1, -0.05) is 58.3 Å². The van der Waals surface area contributed by atoms with Crippen molar-refractivity contribution >= 4 is 0 Å². The van der Waals surface area contributed by atoms with Gasteiger partial charge in [-0.2, -0.15) is 0 Å². The average Bonchev–Trinajstić information content (AvgIpc) is 2.08. The van der Waals surface area contributed by atoms with Gasteiger partial charge in [0, 0.05) is 0 Å². The van der Waals surface area contributed by atoms with E-state index in [1.807, 2.05) is 13.8 Å². The summed E-state index contributed by atoms with van der Waals surface area (Å²) in [5.74, 6) is 0. The predicted octanol–water partition coefficient (Wildman–Crippen LogP) is 4.29. The Labute approximate surface area is 89.9 Å². The van der Waals surface area contributed by atoms with Crippen molar-refractivity contribution in [2.45, 2.75) is 84.2 Å². The lowest BCUT2D eigenvalue weighted by atomic mass is 9.99. The first-order valence-electron chi connectivity index (χ1n) is 6.28. The number of hydrogen-bond donors (Lipinski definition) is 1. The molecule has 0 atom stereocenters. The van der Waals surface area contributed by atoms with Crippen molar-refractivity contribution in [3.63, 3.8) is 0 Å². The van der Waals surface area contributed by atoms with Crippen molar-refractivity contribution in [1.82, 2.24) is 0 Å². The molecule has 0 rings (SSSR count). The first-order valence-corrected chi connectivity index (χ1v) is 6.28. The third kappa shape index (κ3) is 12.0. The Hall–Kier alpha value is -0.0400. The molecule has 0 aromatic rings. The van der Waals surface area contributed by atoms with Gasteiger partial charge < -0.3 is 5.11 Å². The van der Waals surface area contributed by atoms with E-state index in [1.165, 1.54) is 51.4 Å². The second-order valence-corrected chi connectivity index (χ2v) is 5.04. The zero-order chi connectivity index (χ0) is 10.9. The van der Waals surface area contributed by atoms with Crippen LogP contribution in [0, 0.1) is 0 Å². The van der Waals surface area contributed by atoms with E-state index < -0.39 is 5.60 Å². The fourth-order valence-corrected chi connectivity index (χ4v) is 1.69. The maximum Gasteiger partial charge on any atom is 0.0591 e. The minimum Gasteiger partial charge on any atom is -0.390 e. The van der Waals surface area contributed by atoms with Crippen molar-refractivity contribution in [2.75, 3.05) is 0 Å². The highest BCUT2D eigenvalue weighted by Gasteiger charge is 2.10. The lowest BCUT2D eigenvalue weighted by Gasteiger charge is -2.16. The van der Waals surface area contributed by atoms with Crippen LogP contribution in [-0.4, -0.2) is 10.7 Å². The van der Waals surface area contributed by atoms with Crippen LogP contribution in [0.2, 0.25) is 0 Å². The Morgan fingerprint density at radius 1 is 0.786 bits per heavy atom. The lowest BCUT2D eigenvalue weighted by Crippen LogP contribution is -2.17. The van der Waals surface area contributed by atoms with E-state index in [4.69, 9.17) is 0 Å². The van der Waals surface area contributed by atoms with Crippen molar-refractivity contribution in [1.29, 1.82) is 0 Å². The molecular formula is C13H28O. The molecule has 0 spiro atoms. The number of rotatable bonds is 9. The first kappa shape index (κ1) is 14.0. The summed E-state index contributed by atoms with van der Waals surface area (Å²) < 4.78 is 0. The molecule has 0 saturated heterocycles. The van der Waals surface area contributed by atoms with Gasteiger partial charge in [-0.3, -0.25) is 0 Å². The standard InChI is InChI=1S/C13H28O/c1-4-5-6-7-8-9-10-11-12-13(2,3)14/h14H,4-12H2,1-3H3. The van der Waals surface area contributed by atoms with Crippen LogP contribution >= 0.6 is 0 Å². The quantitative estimate of drug-likeness (QED) is 0.550. The lowest BCUT2D eigenvalue weighted by molar-refractivity contribution is 0.0680. The highest BCUT2D eigenvalue weighted by Crippen LogP contribution is 2.15. The number of hydrogen-bond acceptors (Lipinski definition) is 1. The van der Waals surface area contributed by atoms with Crippen LogP contribution in [0.1, 0.15) is 78.6 Å². The van der Waals surface area contributed by atoms with Crippen LogP contribution in [0.3, 0.4) is 0 Å². The van der Waals surface area contributed by atoms with E-state index in [1.54, 1.807) is 0 Å². The molecular weight excluding hydrogens is 172 g/mol. The molecule has 0 aliphatic heterocycles. The zero-order valence-electron chi connectivity index (χ0n) is 10.3. The summed E-state index contributed by atoms with van der Waals surface area (Å²) in [5.41, 5.74) is -0.456. The minimum absolute atomic E-state index is 0.456. The van der Waals surface area contributed by atoms with E-state index in [0.29, 0.717) is 0 Å². The van der Waals surface area contributed by atoms with E-state index in [0.717, 1.165) is 6.42 Å². The van der Waals surface area contributed by atoms with Gasteiger partial charge in [0.1, 0.15) is 0 Å². The van der Waals surface area contributed by atoms with Gasteiger partial charge in [0.05, 0.1) is 5.60 Å². The van der Waals surface area contributed by atoms with E-state index in [2.05, 4.69) is 6.92 Å². The second kappa shape index (κ2) is 8.28. The van der Waals surface area contributed by atoms with E-state index in [-0.39, 0.29) is 0 Å². The topological polar surface area (TPSA) is 20.2 Å². The largest absolute Gasteiger partial charge is 0.390 e. The third-order valence-electron chi connectivity index (χ3n) is 2.64. The molecule has 0 unspecified atom stereocenters. The highest BCUT2D eigenvalue weighted by atomic mass is 16.3. The van der Waals surface area contributed by atoms with Crippen LogP contribution in [0.5, 0.6) is 0 Å². The van der Waals surface area contributed by atoms with E-state index >= 15 is 0 Å². The number of aliphatic hydroxyl groups is 1. The van der Waals surface area contributed by atoms with E-state index in [9.17, 15) is 5.11 Å². The predicted molar refractivity (Wildman–Crippen MR) is 63.5 cm³/mol. The summed E-state index contributed by atoms with van der Waals surface area (Å²) in [6, 6.07) is 0. The molecule has 0 radical (unpaired) electrons. The summed E-state index contributed by atoms with van der Waals surface area (Å²) in [7, 11) is 0. The molecule has 1 heteroatoms. The summed E-state index contributed by atoms with van der Waals surface area (Å²) in [6.45, 7) is 6.05. The SMILES string of the molecule is CCCCCCCCCCC(C)(C)O. The molecule has 0 saturated carbocycles. The summed E-state index contributed by atoms with van der Waals surface area (Å²) in [5, 5.41) is 9.49. The smallest absolute Gasteiger partial charge is 0.0591 e. The Balaban J connectivity index is 2.99. The Morgan fingerprint density at radius 2 is 1.21 bits per heavy atom. The summed E-state index contributed by atoms with van der Waals surface area (Å²) in [6.07, 6.45) is 11.7. The highest BCUT2D eigenvalue weighted by molar-refractivity contribution is 4.64. The van der Waals surface area contributed by atoms with Gasteiger partial charge in [-0.15, -0.1) is 0 Å².